The molecular formula is C17H17N3O2. The molecule has 0 saturated heterocycles. The summed E-state index contributed by atoms with van der Waals surface area (Å²) in [5, 5.41) is 8.76. The highest BCUT2D eigenvalue weighted by Gasteiger charge is 2.19. The van der Waals surface area contributed by atoms with E-state index in [1.807, 2.05) is 18.2 Å². The number of aromatic nitrogens is 1. The van der Waals surface area contributed by atoms with Crippen molar-refractivity contribution in [3.63, 3.8) is 0 Å². The van der Waals surface area contributed by atoms with Gasteiger partial charge in [-0.3, -0.25) is 9.78 Å². The Morgan fingerprint density at radius 2 is 1.91 bits per heavy atom. The summed E-state index contributed by atoms with van der Waals surface area (Å²) in [7, 11) is 1.74. The van der Waals surface area contributed by atoms with Crippen molar-refractivity contribution < 1.29 is 9.53 Å². The molecule has 0 aliphatic heterocycles. The van der Waals surface area contributed by atoms with Crippen molar-refractivity contribution in [3.05, 3.63) is 59.9 Å². The average Bonchev–Trinajstić information content (AvgIpc) is 2.55. The van der Waals surface area contributed by atoms with Gasteiger partial charge in [0, 0.05) is 26.0 Å². The number of benzene rings is 1. The van der Waals surface area contributed by atoms with Gasteiger partial charge >= 0.3 is 0 Å². The van der Waals surface area contributed by atoms with Crippen LogP contribution in [0.3, 0.4) is 0 Å². The molecule has 1 heterocycles. The van der Waals surface area contributed by atoms with E-state index in [0.29, 0.717) is 17.9 Å². The van der Waals surface area contributed by atoms with Crippen molar-refractivity contribution in [1.82, 2.24) is 9.88 Å². The van der Waals surface area contributed by atoms with Gasteiger partial charge < -0.3 is 9.64 Å². The second-order valence-electron chi connectivity index (χ2n) is 4.95. The molecule has 0 aliphatic rings. The Hall–Kier alpha value is -2.87. The highest BCUT2D eigenvalue weighted by atomic mass is 16.5. The van der Waals surface area contributed by atoms with E-state index >= 15 is 0 Å². The maximum atomic E-state index is 12.3. The number of hydrogen-bond donors (Lipinski definition) is 0. The van der Waals surface area contributed by atoms with Crippen LogP contribution in [-0.4, -0.2) is 28.9 Å². The van der Waals surface area contributed by atoms with E-state index < -0.39 is 6.10 Å². The van der Waals surface area contributed by atoms with E-state index in [1.165, 1.54) is 0 Å². The van der Waals surface area contributed by atoms with E-state index in [1.54, 1.807) is 55.5 Å². The molecule has 1 atom stereocenters. The molecule has 0 radical (unpaired) electrons. The summed E-state index contributed by atoms with van der Waals surface area (Å²) in [5.74, 6) is 0.457. The van der Waals surface area contributed by atoms with Crippen molar-refractivity contribution in [2.24, 2.45) is 0 Å². The first-order valence-electron chi connectivity index (χ1n) is 6.91. The topological polar surface area (TPSA) is 66.2 Å². The molecule has 0 aliphatic carbocycles. The Bertz CT molecular complexity index is 663. The number of amides is 1. The van der Waals surface area contributed by atoms with E-state index in [9.17, 15) is 4.79 Å². The summed E-state index contributed by atoms with van der Waals surface area (Å²) in [4.78, 5) is 17.9. The Kier molecular flexibility index (Phi) is 5.10. The highest BCUT2D eigenvalue weighted by molar-refractivity contribution is 5.80. The lowest BCUT2D eigenvalue weighted by Gasteiger charge is -2.22. The van der Waals surface area contributed by atoms with Gasteiger partial charge in [0.2, 0.25) is 0 Å². The summed E-state index contributed by atoms with van der Waals surface area (Å²) in [6, 6.07) is 12.5. The third-order valence-electron chi connectivity index (χ3n) is 3.19. The Morgan fingerprint density at radius 1 is 1.27 bits per heavy atom. The summed E-state index contributed by atoms with van der Waals surface area (Å²) in [6.45, 7) is 2.21. The molecule has 1 aromatic heterocycles. The van der Waals surface area contributed by atoms with Gasteiger partial charge in [-0.1, -0.05) is 0 Å². The van der Waals surface area contributed by atoms with E-state index in [4.69, 9.17) is 10.00 Å². The first-order chi connectivity index (χ1) is 10.6. The van der Waals surface area contributed by atoms with Crippen molar-refractivity contribution in [2.45, 2.75) is 19.6 Å². The number of likely N-dealkylation sites (N-methyl/N-ethyl adjacent to an activating group) is 1. The van der Waals surface area contributed by atoms with Gasteiger partial charge in [-0.15, -0.1) is 0 Å². The van der Waals surface area contributed by atoms with Gasteiger partial charge in [0.15, 0.2) is 6.10 Å². The molecule has 5 nitrogen and oxygen atoms in total. The summed E-state index contributed by atoms with van der Waals surface area (Å²) < 4.78 is 5.62. The van der Waals surface area contributed by atoms with Crippen LogP contribution in [0.2, 0.25) is 0 Å². The van der Waals surface area contributed by atoms with Gasteiger partial charge in [-0.2, -0.15) is 5.26 Å². The molecule has 5 heteroatoms. The minimum absolute atomic E-state index is 0.110. The third-order valence-corrected chi connectivity index (χ3v) is 3.19. The Balaban J connectivity index is 1.94. The van der Waals surface area contributed by atoms with E-state index in [-0.39, 0.29) is 5.91 Å². The molecule has 0 fully saturated rings. The second kappa shape index (κ2) is 7.23. The molecule has 2 aromatic rings. The smallest absolute Gasteiger partial charge is 0.263 e. The number of ether oxygens (including phenoxy) is 1. The molecule has 22 heavy (non-hydrogen) atoms. The largest absolute Gasteiger partial charge is 0.481 e. The zero-order chi connectivity index (χ0) is 15.9. The van der Waals surface area contributed by atoms with Crippen molar-refractivity contribution in [2.75, 3.05) is 7.05 Å². The minimum Gasteiger partial charge on any atom is -0.481 e. The van der Waals surface area contributed by atoms with Crippen LogP contribution in [0.4, 0.5) is 0 Å². The minimum atomic E-state index is -0.597. The predicted molar refractivity (Wildman–Crippen MR) is 82.0 cm³/mol. The fraction of sp³-hybridized carbons (Fsp3) is 0.235. The van der Waals surface area contributed by atoms with Crippen LogP contribution in [0.5, 0.6) is 5.75 Å². The van der Waals surface area contributed by atoms with E-state index in [2.05, 4.69) is 4.98 Å². The first kappa shape index (κ1) is 15.5. The molecule has 0 bridgehead atoms. The van der Waals surface area contributed by atoms with Crippen LogP contribution in [-0.2, 0) is 11.3 Å². The van der Waals surface area contributed by atoms with Crippen LogP contribution in [0, 0.1) is 11.3 Å². The van der Waals surface area contributed by atoms with Crippen molar-refractivity contribution >= 4 is 5.91 Å². The Labute approximate surface area is 129 Å². The lowest BCUT2D eigenvalue weighted by atomic mass is 10.2. The van der Waals surface area contributed by atoms with Crippen LogP contribution < -0.4 is 4.74 Å². The lowest BCUT2D eigenvalue weighted by molar-refractivity contribution is -0.137. The Morgan fingerprint density at radius 3 is 2.50 bits per heavy atom. The predicted octanol–water partition coefficient (Wildman–Crippen LogP) is 2.38. The fourth-order valence-corrected chi connectivity index (χ4v) is 2.01. The van der Waals surface area contributed by atoms with E-state index in [0.717, 1.165) is 5.56 Å². The van der Waals surface area contributed by atoms with Gasteiger partial charge in [0.05, 0.1) is 11.6 Å². The third kappa shape index (κ3) is 4.06. The number of rotatable bonds is 5. The zero-order valence-electron chi connectivity index (χ0n) is 12.6. The normalized spacial score (nSPS) is 11.3. The standard InChI is InChI=1S/C17H17N3O2/c1-13(22-16-5-3-14(11-18)4-6-16)17(21)20(2)12-15-7-9-19-10-8-15/h3-10,13H,12H2,1-2H3. The average molecular weight is 295 g/mol. The molecule has 1 aromatic carbocycles. The van der Waals surface area contributed by atoms with Crippen molar-refractivity contribution in [3.8, 4) is 11.8 Å². The number of nitrogens with zero attached hydrogens (tertiary/aromatic N) is 3. The fourth-order valence-electron chi connectivity index (χ4n) is 2.01. The molecule has 112 valence electrons. The first-order valence-corrected chi connectivity index (χ1v) is 6.91. The maximum absolute atomic E-state index is 12.3. The molecular weight excluding hydrogens is 278 g/mol. The van der Waals surface area contributed by atoms with Gasteiger partial charge in [-0.25, -0.2) is 0 Å². The van der Waals surface area contributed by atoms with Gasteiger partial charge in [0.25, 0.3) is 5.91 Å². The summed E-state index contributed by atoms with van der Waals surface area (Å²) in [5.41, 5.74) is 1.57. The molecule has 1 unspecified atom stereocenters. The zero-order valence-corrected chi connectivity index (χ0v) is 12.6. The van der Waals surface area contributed by atoms with Gasteiger partial charge in [0.1, 0.15) is 5.75 Å². The highest BCUT2D eigenvalue weighted by Crippen LogP contribution is 2.14. The summed E-state index contributed by atoms with van der Waals surface area (Å²) in [6.07, 6.45) is 2.80. The molecule has 0 spiro atoms. The van der Waals surface area contributed by atoms with Crippen LogP contribution in [0.1, 0.15) is 18.1 Å². The van der Waals surface area contributed by atoms with Gasteiger partial charge in [-0.05, 0) is 48.9 Å². The molecule has 0 N–H and O–H groups in total. The SMILES string of the molecule is CC(Oc1ccc(C#N)cc1)C(=O)N(C)Cc1ccncc1. The molecule has 1 amide bonds. The monoisotopic (exact) mass is 295 g/mol. The maximum Gasteiger partial charge on any atom is 0.263 e. The second-order valence-corrected chi connectivity index (χ2v) is 4.95. The number of carbonyl (C=O) groups excluding carboxylic acids is 1. The number of nitriles is 1. The lowest BCUT2D eigenvalue weighted by Crippen LogP contribution is -2.37. The quantitative estimate of drug-likeness (QED) is 0.849. The summed E-state index contributed by atoms with van der Waals surface area (Å²) >= 11 is 0. The number of carbonyl (C=O) groups is 1. The van der Waals surface area contributed by atoms with Crippen LogP contribution >= 0.6 is 0 Å². The number of hydrogen-bond acceptors (Lipinski definition) is 4. The van der Waals surface area contributed by atoms with Crippen LogP contribution in [0.25, 0.3) is 0 Å². The molecule has 0 saturated carbocycles. The van der Waals surface area contributed by atoms with Crippen molar-refractivity contribution in [1.29, 1.82) is 5.26 Å². The molecule has 2 rings (SSSR count). The van der Waals surface area contributed by atoms with Crippen LogP contribution in [0.15, 0.2) is 48.8 Å². The number of pyridine rings is 1.